The standard InChI is InChI=1S/C26H31Cl2N3O7S.2ClH/c1-16(2)18-13-17(36-4)14-21-22(18)25(32)31(39(21,34)35)15-38-26(33)23-19(27)5-6-20(24(23)28)37-12-11-30-9-7-29(3)8-10-30;;/h5-6,13-14,16H,7-12,15H2,1-4H3;2*1H. The van der Waals surface area contributed by atoms with E-state index in [9.17, 15) is 18.0 Å². The predicted molar refractivity (Wildman–Crippen MR) is 161 cm³/mol. The summed E-state index contributed by atoms with van der Waals surface area (Å²) in [5, 5.41) is -0.0567. The van der Waals surface area contributed by atoms with Crippen molar-refractivity contribution < 1.29 is 32.2 Å². The maximum atomic E-state index is 13.2. The fourth-order valence-corrected chi connectivity index (χ4v) is 6.52. The van der Waals surface area contributed by atoms with Crippen LogP contribution in [-0.4, -0.2) is 94.6 Å². The first-order valence-corrected chi connectivity index (χ1v) is 14.6. The first-order valence-electron chi connectivity index (χ1n) is 12.4. The second-order valence-electron chi connectivity index (χ2n) is 9.69. The highest BCUT2D eigenvalue weighted by molar-refractivity contribution is 7.90. The molecule has 2 aromatic carbocycles. The number of carbonyl (C=O) groups excluding carboxylic acids is 2. The molecule has 0 bridgehead atoms. The van der Waals surface area contributed by atoms with Crippen LogP contribution in [-0.2, 0) is 14.8 Å². The minimum atomic E-state index is -4.29. The summed E-state index contributed by atoms with van der Waals surface area (Å²) < 4.78 is 43.2. The van der Waals surface area contributed by atoms with Gasteiger partial charge in [0.05, 0.1) is 22.7 Å². The third-order valence-electron chi connectivity index (χ3n) is 6.81. The van der Waals surface area contributed by atoms with Crippen molar-refractivity contribution in [3.63, 3.8) is 0 Å². The van der Waals surface area contributed by atoms with Gasteiger partial charge in [-0.3, -0.25) is 9.69 Å². The van der Waals surface area contributed by atoms with E-state index in [4.69, 9.17) is 37.4 Å². The first-order chi connectivity index (χ1) is 18.4. The number of hydrogen-bond donors (Lipinski definition) is 0. The van der Waals surface area contributed by atoms with Gasteiger partial charge in [-0.25, -0.2) is 13.2 Å². The Labute approximate surface area is 262 Å². The first kappa shape index (κ1) is 35.2. The normalized spacial score (nSPS) is 16.6. The summed E-state index contributed by atoms with van der Waals surface area (Å²) in [6.07, 6.45) is 0. The van der Waals surface area contributed by atoms with Gasteiger partial charge in [0.15, 0.2) is 6.73 Å². The Kier molecular flexibility index (Phi) is 12.4. The highest BCUT2D eigenvalue weighted by Crippen LogP contribution is 2.39. The van der Waals surface area contributed by atoms with Crippen LogP contribution in [0.4, 0.5) is 0 Å². The van der Waals surface area contributed by atoms with Crippen LogP contribution in [0.2, 0.25) is 10.0 Å². The van der Waals surface area contributed by atoms with E-state index in [2.05, 4.69) is 16.8 Å². The van der Waals surface area contributed by atoms with Gasteiger partial charge in [0.2, 0.25) is 0 Å². The summed E-state index contributed by atoms with van der Waals surface area (Å²) in [6, 6.07) is 5.91. The molecule has 0 N–H and O–H groups in total. The predicted octanol–water partition coefficient (Wildman–Crippen LogP) is 4.55. The molecule has 228 valence electrons. The molecule has 2 aromatic rings. The average Bonchev–Trinajstić information content (AvgIpc) is 3.09. The molecular weight excluding hydrogens is 640 g/mol. The number of amides is 1. The number of esters is 1. The maximum Gasteiger partial charge on any atom is 0.343 e. The van der Waals surface area contributed by atoms with Crippen LogP contribution in [0.3, 0.4) is 0 Å². The van der Waals surface area contributed by atoms with Crippen LogP contribution >= 0.6 is 48.0 Å². The lowest BCUT2D eigenvalue weighted by Gasteiger charge is -2.32. The van der Waals surface area contributed by atoms with E-state index in [1.54, 1.807) is 12.1 Å². The van der Waals surface area contributed by atoms with Crippen LogP contribution in [0.5, 0.6) is 11.5 Å². The van der Waals surface area contributed by atoms with Gasteiger partial charge in [-0.1, -0.05) is 37.0 Å². The number of rotatable bonds is 9. The highest BCUT2D eigenvalue weighted by atomic mass is 35.5. The van der Waals surface area contributed by atoms with Crippen molar-refractivity contribution in [3.8, 4) is 11.5 Å². The van der Waals surface area contributed by atoms with Gasteiger partial charge >= 0.3 is 5.97 Å². The molecule has 2 heterocycles. The van der Waals surface area contributed by atoms with Crippen molar-refractivity contribution in [2.24, 2.45) is 0 Å². The molecule has 4 rings (SSSR count). The van der Waals surface area contributed by atoms with Crippen LogP contribution in [0.1, 0.15) is 46.0 Å². The molecule has 0 spiro atoms. The quantitative estimate of drug-likeness (QED) is 0.355. The molecule has 0 atom stereocenters. The minimum Gasteiger partial charge on any atom is -0.497 e. The number of hydrogen-bond acceptors (Lipinski definition) is 9. The molecule has 2 aliphatic heterocycles. The average molecular weight is 673 g/mol. The van der Waals surface area contributed by atoms with Gasteiger partial charge in [0, 0.05) is 38.8 Å². The van der Waals surface area contributed by atoms with Crippen molar-refractivity contribution in [3.05, 3.63) is 51.0 Å². The fraction of sp³-hybridized carbons (Fsp3) is 0.462. The van der Waals surface area contributed by atoms with E-state index in [0.29, 0.717) is 28.8 Å². The molecule has 15 heteroatoms. The number of carbonyl (C=O) groups is 2. The lowest BCUT2D eigenvalue weighted by atomic mass is 9.96. The minimum absolute atomic E-state index is 0. The van der Waals surface area contributed by atoms with Crippen LogP contribution in [0.15, 0.2) is 29.2 Å². The van der Waals surface area contributed by atoms with Crippen molar-refractivity contribution in [2.75, 3.05) is 60.2 Å². The third-order valence-corrected chi connectivity index (χ3v) is 9.23. The maximum absolute atomic E-state index is 13.2. The summed E-state index contributed by atoms with van der Waals surface area (Å²) in [7, 11) is -0.800. The Morgan fingerprint density at radius 2 is 1.73 bits per heavy atom. The molecule has 0 aliphatic carbocycles. The van der Waals surface area contributed by atoms with Crippen molar-refractivity contribution in [1.29, 1.82) is 0 Å². The van der Waals surface area contributed by atoms with Crippen molar-refractivity contribution in [2.45, 2.75) is 24.7 Å². The van der Waals surface area contributed by atoms with Crippen LogP contribution < -0.4 is 9.47 Å². The highest BCUT2D eigenvalue weighted by Gasteiger charge is 2.44. The number of piperazine rings is 1. The van der Waals surface area contributed by atoms with Crippen LogP contribution in [0.25, 0.3) is 0 Å². The van der Waals surface area contributed by atoms with Gasteiger partial charge in [0.25, 0.3) is 15.9 Å². The number of likely N-dealkylation sites (N-methyl/N-ethyl adjacent to an activating group) is 1. The number of ether oxygens (including phenoxy) is 3. The van der Waals surface area contributed by atoms with Gasteiger partial charge in [-0.05, 0) is 36.7 Å². The fourth-order valence-electron chi connectivity index (χ4n) is 4.47. The molecule has 1 fully saturated rings. The molecular formula is C26H33Cl4N3O7S. The molecule has 0 unspecified atom stereocenters. The molecule has 1 saturated heterocycles. The zero-order chi connectivity index (χ0) is 28.5. The van der Waals surface area contributed by atoms with E-state index in [-0.39, 0.29) is 62.5 Å². The smallest absolute Gasteiger partial charge is 0.343 e. The summed E-state index contributed by atoms with van der Waals surface area (Å²) in [4.78, 5) is 30.5. The molecule has 41 heavy (non-hydrogen) atoms. The number of methoxy groups -OCH3 is 1. The van der Waals surface area contributed by atoms with Gasteiger partial charge in [-0.2, -0.15) is 4.31 Å². The van der Waals surface area contributed by atoms with E-state index in [1.807, 2.05) is 13.8 Å². The second-order valence-corrected chi connectivity index (χ2v) is 12.3. The van der Waals surface area contributed by atoms with Gasteiger partial charge < -0.3 is 19.1 Å². The Morgan fingerprint density at radius 1 is 1.07 bits per heavy atom. The Hall–Kier alpha value is -1.99. The Morgan fingerprint density at radius 3 is 2.34 bits per heavy atom. The van der Waals surface area contributed by atoms with E-state index in [1.165, 1.54) is 19.2 Å². The molecule has 0 radical (unpaired) electrons. The summed E-state index contributed by atoms with van der Waals surface area (Å²) >= 11 is 12.7. The van der Waals surface area contributed by atoms with Gasteiger partial charge in [0.1, 0.15) is 28.6 Å². The Bertz CT molecular complexity index is 1380. The van der Waals surface area contributed by atoms with E-state index in [0.717, 1.165) is 26.2 Å². The zero-order valence-corrected chi connectivity index (χ0v) is 27.0. The van der Waals surface area contributed by atoms with E-state index < -0.39 is 28.6 Å². The van der Waals surface area contributed by atoms with Crippen molar-refractivity contribution >= 4 is 69.9 Å². The summed E-state index contributed by atoms with van der Waals surface area (Å²) in [5.41, 5.74) is 0.370. The molecule has 0 aromatic heterocycles. The number of fused-ring (bicyclic) bond motifs is 1. The topological polar surface area (TPSA) is 106 Å². The monoisotopic (exact) mass is 671 g/mol. The van der Waals surface area contributed by atoms with Crippen molar-refractivity contribution in [1.82, 2.24) is 14.1 Å². The number of halogens is 4. The largest absolute Gasteiger partial charge is 0.497 e. The Balaban J connectivity index is 0.00000294. The molecule has 10 nitrogen and oxygen atoms in total. The van der Waals surface area contributed by atoms with E-state index >= 15 is 0 Å². The molecule has 2 aliphatic rings. The lowest BCUT2D eigenvalue weighted by molar-refractivity contribution is 0.0357. The lowest BCUT2D eigenvalue weighted by Crippen LogP contribution is -2.45. The zero-order valence-electron chi connectivity index (χ0n) is 23.0. The summed E-state index contributed by atoms with van der Waals surface area (Å²) in [6.45, 7) is 7.66. The molecule has 1 amide bonds. The summed E-state index contributed by atoms with van der Waals surface area (Å²) in [5.74, 6) is -1.40. The SMILES string of the molecule is COc1cc(C(C)C)c2c(c1)S(=O)(=O)N(COC(=O)c1c(Cl)ccc(OCCN3CCN(C)CC3)c1Cl)C2=O.Cl.Cl. The number of benzene rings is 2. The second kappa shape index (κ2) is 14.5. The number of sulfonamides is 1. The number of nitrogens with zero attached hydrogens (tertiary/aromatic N) is 3. The van der Waals surface area contributed by atoms with Gasteiger partial charge in [-0.15, -0.1) is 24.8 Å². The third kappa shape index (κ3) is 7.33. The van der Waals surface area contributed by atoms with Crippen LogP contribution in [0, 0.1) is 0 Å². The molecule has 0 saturated carbocycles.